The van der Waals surface area contributed by atoms with E-state index in [1.807, 2.05) is 30.3 Å². The number of aromatic carboxylic acids is 1. The molecule has 3 nitrogen and oxygen atoms in total. The van der Waals surface area contributed by atoms with E-state index in [0.29, 0.717) is 5.56 Å². The lowest BCUT2D eigenvalue weighted by Gasteiger charge is -1.97. The van der Waals surface area contributed by atoms with Crippen molar-refractivity contribution < 1.29 is 9.90 Å². The number of nitrogens with zero attached hydrogens (tertiary/aromatic N) is 1. The fraction of sp³-hybridized carbons (Fsp3) is 0. The van der Waals surface area contributed by atoms with Crippen molar-refractivity contribution in [3.63, 3.8) is 0 Å². The quantitative estimate of drug-likeness (QED) is 0.819. The lowest BCUT2D eigenvalue weighted by molar-refractivity contribution is 0.0693. The Labute approximate surface area is 84.8 Å². The summed E-state index contributed by atoms with van der Waals surface area (Å²) in [5.74, 6) is -0.981. The maximum Gasteiger partial charge on any atom is 0.356 e. The summed E-state index contributed by atoms with van der Waals surface area (Å²) in [6.07, 6.45) is 0. The summed E-state index contributed by atoms with van der Waals surface area (Å²) in [6, 6.07) is 9.38. The average molecular weight is 205 g/mol. The Bertz CT molecular complexity index is 450. The maximum atomic E-state index is 10.8. The molecule has 0 bridgehead atoms. The Balaban J connectivity index is 2.52. The molecule has 14 heavy (non-hydrogen) atoms. The average Bonchev–Trinajstić information content (AvgIpc) is 2.67. The number of carbonyl (C=O) groups is 1. The van der Waals surface area contributed by atoms with E-state index in [9.17, 15) is 4.79 Å². The molecular weight excluding hydrogens is 198 g/mol. The Morgan fingerprint density at radius 3 is 2.64 bits per heavy atom. The van der Waals surface area contributed by atoms with Crippen LogP contribution in [0, 0.1) is 0 Å². The molecule has 1 N–H and O–H groups in total. The first-order valence-electron chi connectivity index (χ1n) is 4.02. The van der Waals surface area contributed by atoms with Gasteiger partial charge in [-0.25, -0.2) is 4.79 Å². The highest BCUT2D eigenvalue weighted by molar-refractivity contribution is 7.04. The molecule has 0 fully saturated rings. The zero-order valence-corrected chi connectivity index (χ0v) is 7.99. The Hall–Kier alpha value is -1.68. The number of rotatable bonds is 2. The van der Waals surface area contributed by atoms with E-state index < -0.39 is 5.97 Å². The third-order valence-corrected chi connectivity index (χ3v) is 2.49. The first-order chi connectivity index (χ1) is 6.79. The Kier molecular flexibility index (Phi) is 2.28. The highest BCUT2D eigenvalue weighted by Crippen LogP contribution is 2.24. The number of carboxylic acid groups (broad SMARTS) is 1. The molecule has 1 aromatic carbocycles. The second-order valence-electron chi connectivity index (χ2n) is 2.75. The summed E-state index contributed by atoms with van der Waals surface area (Å²) >= 11 is 1.16. The van der Waals surface area contributed by atoms with Crippen LogP contribution in [0.5, 0.6) is 0 Å². The molecular formula is C10H7NO2S. The minimum atomic E-state index is -0.981. The lowest BCUT2D eigenvalue weighted by Crippen LogP contribution is -1.98. The van der Waals surface area contributed by atoms with Gasteiger partial charge in [0.15, 0.2) is 5.69 Å². The van der Waals surface area contributed by atoms with Gasteiger partial charge in [0, 0.05) is 10.9 Å². The van der Waals surface area contributed by atoms with Crippen molar-refractivity contribution in [2.75, 3.05) is 0 Å². The third-order valence-electron chi connectivity index (χ3n) is 1.86. The van der Waals surface area contributed by atoms with Gasteiger partial charge < -0.3 is 5.11 Å². The van der Waals surface area contributed by atoms with Crippen molar-refractivity contribution in [2.45, 2.75) is 0 Å². The molecule has 0 unspecified atom stereocenters. The first kappa shape index (κ1) is 8.90. The van der Waals surface area contributed by atoms with E-state index in [1.54, 1.807) is 5.38 Å². The predicted molar refractivity (Wildman–Crippen MR) is 54.5 cm³/mol. The van der Waals surface area contributed by atoms with Crippen molar-refractivity contribution in [3.8, 4) is 11.1 Å². The smallest absolute Gasteiger partial charge is 0.356 e. The van der Waals surface area contributed by atoms with Gasteiger partial charge >= 0.3 is 5.97 Å². The zero-order valence-electron chi connectivity index (χ0n) is 7.18. The molecule has 0 spiro atoms. The molecule has 0 aliphatic carbocycles. The molecule has 0 radical (unpaired) electrons. The molecule has 0 saturated heterocycles. The fourth-order valence-corrected chi connectivity index (χ4v) is 1.90. The Morgan fingerprint density at radius 1 is 1.29 bits per heavy atom. The molecule has 0 atom stereocenters. The minimum absolute atomic E-state index is 0.126. The van der Waals surface area contributed by atoms with Gasteiger partial charge in [-0.15, -0.1) is 0 Å². The van der Waals surface area contributed by atoms with E-state index in [-0.39, 0.29) is 5.69 Å². The third kappa shape index (κ3) is 1.52. The molecule has 2 aromatic rings. The minimum Gasteiger partial charge on any atom is -0.476 e. The van der Waals surface area contributed by atoms with Crippen LogP contribution in [-0.2, 0) is 0 Å². The molecule has 0 amide bonds. The van der Waals surface area contributed by atoms with Crippen LogP contribution in [0.15, 0.2) is 35.7 Å². The van der Waals surface area contributed by atoms with Gasteiger partial charge in [0.2, 0.25) is 0 Å². The van der Waals surface area contributed by atoms with E-state index in [2.05, 4.69) is 4.37 Å². The van der Waals surface area contributed by atoms with Crippen molar-refractivity contribution in [1.29, 1.82) is 0 Å². The van der Waals surface area contributed by atoms with Crippen molar-refractivity contribution in [3.05, 3.63) is 41.4 Å². The lowest BCUT2D eigenvalue weighted by atomic mass is 10.1. The molecule has 1 heterocycles. The fourth-order valence-electron chi connectivity index (χ4n) is 1.21. The van der Waals surface area contributed by atoms with Gasteiger partial charge in [-0.3, -0.25) is 0 Å². The predicted octanol–water partition coefficient (Wildman–Crippen LogP) is 2.51. The second kappa shape index (κ2) is 3.59. The van der Waals surface area contributed by atoms with E-state index in [0.717, 1.165) is 17.1 Å². The van der Waals surface area contributed by atoms with Crippen LogP contribution >= 0.6 is 11.5 Å². The molecule has 0 aliphatic rings. The van der Waals surface area contributed by atoms with Gasteiger partial charge in [-0.1, -0.05) is 30.3 Å². The molecule has 2 rings (SSSR count). The van der Waals surface area contributed by atoms with Gasteiger partial charge in [0.05, 0.1) is 0 Å². The molecule has 1 aromatic heterocycles. The number of benzene rings is 1. The van der Waals surface area contributed by atoms with E-state index in [4.69, 9.17) is 5.11 Å². The first-order valence-corrected chi connectivity index (χ1v) is 4.86. The van der Waals surface area contributed by atoms with Gasteiger partial charge in [-0.05, 0) is 17.1 Å². The summed E-state index contributed by atoms with van der Waals surface area (Å²) in [4.78, 5) is 10.8. The summed E-state index contributed by atoms with van der Waals surface area (Å²) in [5, 5.41) is 10.6. The van der Waals surface area contributed by atoms with Crippen molar-refractivity contribution in [1.82, 2.24) is 4.37 Å². The topological polar surface area (TPSA) is 50.2 Å². The van der Waals surface area contributed by atoms with Crippen LogP contribution in [-0.4, -0.2) is 15.4 Å². The number of aromatic nitrogens is 1. The standard InChI is InChI=1S/C10H7NO2S/c12-10(13)9-8(6-14-11-9)7-4-2-1-3-5-7/h1-6H,(H,12,13). The molecule has 4 heteroatoms. The summed E-state index contributed by atoms with van der Waals surface area (Å²) in [7, 11) is 0. The molecule has 0 aliphatic heterocycles. The summed E-state index contributed by atoms with van der Waals surface area (Å²) in [6.45, 7) is 0. The summed E-state index contributed by atoms with van der Waals surface area (Å²) in [5.41, 5.74) is 1.70. The highest BCUT2D eigenvalue weighted by atomic mass is 32.1. The van der Waals surface area contributed by atoms with Crippen molar-refractivity contribution >= 4 is 17.5 Å². The van der Waals surface area contributed by atoms with Crippen LogP contribution in [0.25, 0.3) is 11.1 Å². The summed E-state index contributed by atoms with van der Waals surface area (Å²) < 4.78 is 3.83. The van der Waals surface area contributed by atoms with Crippen LogP contribution < -0.4 is 0 Å². The van der Waals surface area contributed by atoms with Crippen LogP contribution in [0.4, 0.5) is 0 Å². The van der Waals surface area contributed by atoms with Crippen molar-refractivity contribution in [2.24, 2.45) is 0 Å². The number of carboxylic acids is 1. The Morgan fingerprint density at radius 2 is 2.00 bits per heavy atom. The van der Waals surface area contributed by atoms with E-state index >= 15 is 0 Å². The van der Waals surface area contributed by atoms with Crippen LogP contribution in [0.2, 0.25) is 0 Å². The zero-order chi connectivity index (χ0) is 9.97. The second-order valence-corrected chi connectivity index (χ2v) is 3.38. The van der Waals surface area contributed by atoms with Gasteiger partial charge in [-0.2, -0.15) is 4.37 Å². The number of hydrogen-bond acceptors (Lipinski definition) is 3. The van der Waals surface area contributed by atoms with E-state index in [1.165, 1.54) is 0 Å². The SMILES string of the molecule is O=C(O)c1nscc1-c1ccccc1. The largest absolute Gasteiger partial charge is 0.476 e. The maximum absolute atomic E-state index is 10.8. The monoisotopic (exact) mass is 205 g/mol. The molecule has 0 saturated carbocycles. The van der Waals surface area contributed by atoms with Gasteiger partial charge in [0.25, 0.3) is 0 Å². The normalized spacial score (nSPS) is 10.0. The molecule has 70 valence electrons. The van der Waals surface area contributed by atoms with Crippen LogP contribution in [0.1, 0.15) is 10.5 Å². The van der Waals surface area contributed by atoms with Gasteiger partial charge in [0.1, 0.15) is 0 Å². The number of hydrogen-bond donors (Lipinski definition) is 1. The van der Waals surface area contributed by atoms with Crippen LogP contribution in [0.3, 0.4) is 0 Å². The highest BCUT2D eigenvalue weighted by Gasteiger charge is 2.13.